The minimum atomic E-state index is -0.0668. The van der Waals surface area contributed by atoms with E-state index in [1.165, 1.54) is 11.9 Å². The summed E-state index contributed by atoms with van der Waals surface area (Å²) in [5.41, 5.74) is 4.87. The summed E-state index contributed by atoms with van der Waals surface area (Å²) in [6, 6.07) is 7.68. The average molecular weight is 502 g/mol. The molecule has 0 spiro atoms. The number of ether oxygens (including phenoxy) is 1. The summed E-state index contributed by atoms with van der Waals surface area (Å²) in [6.45, 7) is 4.25. The van der Waals surface area contributed by atoms with Gasteiger partial charge in [0.1, 0.15) is 23.6 Å². The van der Waals surface area contributed by atoms with E-state index in [0.29, 0.717) is 25.3 Å². The van der Waals surface area contributed by atoms with Crippen LogP contribution >= 0.6 is 0 Å². The molecule has 1 aromatic carbocycles. The number of nitrogens with one attached hydrogen (secondary N) is 1. The van der Waals surface area contributed by atoms with E-state index in [1.54, 1.807) is 13.2 Å². The van der Waals surface area contributed by atoms with E-state index in [2.05, 4.69) is 25.2 Å². The number of aromatic nitrogens is 2. The Kier molecular flexibility index (Phi) is 6.23. The van der Waals surface area contributed by atoms with Crippen LogP contribution in [0.4, 0.5) is 16.3 Å². The molecule has 1 saturated heterocycles. The highest BCUT2D eigenvalue weighted by Crippen LogP contribution is 2.29. The highest BCUT2D eigenvalue weighted by atomic mass is 16.5. The zero-order valence-corrected chi connectivity index (χ0v) is 21.0. The Balaban J connectivity index is 1.08. The number of amides is 3. The molecule has 4 aliphatic heterocycles. The fraction of sp³-hybridized carbons (Fsp3) is 0.444. The third-order valence-corrected chi connectivity index (χ3v) is 7.85. The summed E-state index contributed by atoms with van der Waals surface area (Å²) in [7, 11) is 1.65. The smallest absolute Gasteiger partial charge is 0.322 e. The maximum absolute atomic E-state index is 13.2. The van der Waals surface area contributed by atoms with Crippen LogP contribution in [-0.4, -0.2) is 90.3 Å². The molecule has 1 fully saturated rings. The molecular formula is C27H31N7O3. The van der Waals surface area contributed by atoms with Gasteiger partial charge in [0, 0.05) is 56.7 Å². The number of hydrogen-bond acceptors (Lipinski definition) is 7. The van der Waals surface area contributed by atoms with Crippen molar-refractivity contribution in [2.45, 2.75) is 31.7 Å². The van der Waals surface area contributed by atoms with Crippen LogP contribution in [-0.2, 0) is 6.42 Å². The van der Waals surface area contributed by atoms with E-state index in [9.17, 15) is 9.59 Å². The van der Waals surface area contributed by atoms with Crippen LogP contribution in [0.15, 0.2) is 46.7 Å². The van der Waals surface area contributed by atoms with Gasteiger partial charge >= 0.3 is 6.03 Å². The minimum absolute atomic E-state index is 0.0515. The molecule has 192 valence electrons. The van der Waals surface area contributed by atoms with Gasteiger partial charge in [-0.25, -0.2) is 14.8 Å². The molecule has 10 nitrogen and oxygen atoms in total. The normalized spacial score (nSPS) is 19.9. The van der Waals surface area contributed by atoms with Crippen molar-refractivity contribution in [3.8, 4) is 5.75 Å². The maximum Gasteiger partial charge on any atom is 0.322 e. The Bertz CT molecular complexity index is 1280. The lowest BCUT2D eigenvalue weighted by Gasteiger charge is -2.38. The van der Waals surface area contributed by atoms with Gasteiger partial charge in [-0.1, -0.05) is 0 Å². The first-order chi connectivity index (χ1) is 18.1. The molecule has 1 N–H and O–H groups in total. The highest BCUT2D eigenvalue weighted by Gasteiger charge is 2.31. The van der Waals surface area contributed by atoms with Gasteiger partial charge in [0.25, 0.3) is 5.91 Å². The van der Waals surface area contributed by atoms with Crippen molar-refractivity contribution in [1.29, 1.82) is 0 Å². The molecule has 6 rings (SSSR count). The molecular weight excluding hydrogens is 470 g/mol. The van der Waals surface area contributed by atoms with Crippen molar-refractivity contribution in [2.24, 2.45) is 4.99 Å². The number of nitrogens with zero attached hydrogens (tertiary/aromatic N) is 6. The van der Waals surface area contributed by atoms with E-state index in [-0.39, 0.29) is 18.0 Å². The molecule has 37 heavy (non-hydrogen) atoms. The lowest BCUT2D eigenvalue weighted by molar-refractivity contribution is 0.0760. The number of carbonyl (C=O) groups excluding carboxylic acids is 2. The Morgan fingerprint density at radius 3 is 2.78 bits per heavy atom. The van der Waals surface area contributed by atoms with Gasteiger partial charge in [0.2, 0.25) is 0 Å². The lowest BCUT2D eigenvalue weighted by Crippen LogP contribution is -2.49. The molecule has 0 radical (unpaired) electrons. The monoisotopic (exact) mass is 501 g/mol. The first-order valence-corrected chi connectivity index (χ1v) is 12.9. The first-order valence-electron chi connectivity index (χ1n) is 12.9. The van der Waals surface area contributed by atoms with Crippen LogP contribution in [0, 0.1) is 0 Å². The summed E-state index contributed by atoms with van der Waals surface area (Å²) in [6.07, 6.45) is 6.70. The third-order valence-electron chi connectivity index (χ3n) is 7.85. The third kappa shape index (κ3) is 4.63. The number of rotatable bonds is 4. The van der Waals surface area contributed by atoms with Crippen molar-refractivity contribution in [3.05, 3.63) is 53.0 Å². The molecule has 0 bridgehead atoms. The topological polar surface area (TPSA) is 103 Å². The molecule has 2 aromatic rings. The number of carbonyl (C=O) groups is 2. The Hall–Kier alpha value is -3.95. The second-order valence-electron chi connectivity index (χ2n) is 9.95. The number of fused-ring (bicyclic) bond motifs is 1. The van der Waals surface area contributed by atoms with Gasteiger partial charge in [0.15, 0.2) is 0 Å². The number of methoxy groups -OCH3 is 1. The molecule has 4 aliphatic rings. The van der Waals surface area contributed by atoms with E-state index in [4.69, 9.17) is 4.74 Å². The van der Waals surface area contributed by atoms with Gasteiger partial charge in [-0.05, 0) is 60.6 Å². The average Bonchev–Trinajstić information content (AvgIpc) is 3.35. The fourth-order valence-electron chi connectivity index (χ4n) is 5.69. The number of hydrogen-bond donors (Lipinski definition) is 1. The van der Waals surface area contributed by atoms with E-state index >= 15 is 0 Å². The standard InChI is InChI=1S/C27H31N7O3/c1-37-22-2-3-23-18(12-22)5-11-34(27(36)31-23)21-6-9-32(10-7-21)25-13-24(29-17-30-25)26(35)33-8-4-19-14-28-15-20(19)16-33/h2-3,12-13,15,17,21H,4-11,14,16H2,1H3,(H,31,36). The van der Waals surface area contributed by atoms with Gasteiger partial charge < -0.3 is 24.8 Å². The quantitative estimate of drug-likeness (QED) is 0.691. The van der Waals surface area contributed by atoms with Gasteiger partial charge in [-0.15, -0.1) is 0 Å². The molecule has 0 saturated carbocycles. The van der Waals surface area contributed by atoms with Crippen LogP contribution in [0.5, 0.6) is 5.75 Å². The van der Waals surface area contributed by atoms with E-state index < -0.39 is 0 Å². The van der Waals surface area contributed by atoms with Crippen molar-refractivity contribution in [2.75, 3.05) is 56.6 Å². The van der Waals surface area contributed by atoms with Gasteiger partial charge in [-0.3, -0.25) is 9.79 Å². The largest absolute Gasteiger partial charge is 0.497 e. The minimum Gasteiger partial charge on any atom is -0.497 e. The van der Waals surface area contributed by atoms with Crippen molar-refractivity contribution < 1.29 is 14.3 Å². The lowest BCUT2D eigenvalue weighted by atomic mass is 10.0. The molecule has 5 heterocycles. The second kappa shape index (κ2) is 9.84. The van der Waals surface area contributed by atoms with Crippen LogP contribution in [0.2, 0.25) is 0 Å². The summed E-state index contributed by atoms with van der Waals surface area (Å²) in [5.74, 6) is 1.49. The number of urea groups is 1. The van der Waals surface area contributed by atoms with E-state index in [0.717, 1.165) is 73.7 Å². The zero-order valence-electron chi connectivity index (χ0n) is 21.0. The van der Waals surface area contributed by atoms with Crippen molar-refractivity contribution in [3.63, 3.8) is 0 Å². The fourth-order valence-corrected chi connectivity index (χ4v) is 5.69. The Labute approximate surface area is 216 Å². The molecule has 10 heteroatoms. The first kappa shape index (κ1) is 23.4. The van der Waals surface area contributed by atoms with Gasteiger partial charge in [-0.2, -0.15) is 0 Å². The molecule has 1 aromatic heterocycles. The van der Waals surface area contributed by atoms with Crippen molar-refractivity contribution in [1.82, 2.24) is 19.8 Å². The molecule has 0 aliphatic carbocycles. The van der Waals surface area contributed by atoms with Crippen LogP contribution in [0.1, 0.15) is 35.3 Å². The maximum atomic E-state index is 13.2. The number of benzene rings is 1. The number of piperidine rings is 1. The molecule has 0 atom stereocenters. The summed E-state index contributed by atoms with van der Waals surface area (Å²) in [4.78, 5) is 45.3. The zero-order chi connectivity index (χ0) is 25.4. The van der Waals surface area contributed by atoms with Crippen molar-refractivity contribution >= 4 is 29.7 Å². The summed E-state index contributed by atoms with van der Waals surface area (Å²) < 4.78 is 5.35. The predicted octanol–water partition coefficient (Wildman–Crippen LogP) is 2.77. The Morgan fingerprint density at radius 2 is 1.95 bits per heavy atom. The number of aliphatic imine (C=N–C) groups is 1. The predicted molar refractivity (Wildman–Crippen MR) is 141 cm³/mol. The highest BCUT2D eigenvalue weighted by molar-refractivity contribution is 5.95. The Morgan fingerprint density at radius 1 is 1.08 bits per heavy atom. The summed E-state index contributed by atoms with van der Waals surface area (Å²) in [5, 5.41) is 3.07. The second-order valence-corrected chi connectivity index (χ2v) is 9.95. The molecule has 3 amide bonds. The SMILES string of the molecule is COc1ccc2c(c1)CCN(C1CCN(c3cc(C(=O)N4CCC5=C(C=NC5)C4)ncn3)CC1)C(=O)N2. The van der Waals surface area contributed by atoms with Gasteiger partial charge in [0.05, 0.1) is 13.7 Å². The van der Waals surface area contributed by atoms with Crippen LogP contribution in [0.25, 0.3) is 0 Å². The van der Waals surface area contributed by atoms with Crippen LogP contribution < -0.4 is 15.0 Å². The molecule has 0 unspecified atom stereocenters. The van der Waals surface area contributed by atoms with E-state index in [1.807, 2.05) is 34.2 Å². The number of anilines is 2. The van der Waals surface area contributed by atoms with Crippen LogP contribution in [0.3, 0.4) is 0 Å². The summed E-state index contributed by atoms with van der Waals surface area (Å²) >= 11 is 0.